The van der Waals surface area contributed by atoms with Gasteiger partial charge in [0.25, 0.3) is 0 Å². The summed E-state index contributed by atoms with van der Waals surface area (Å²) in [6.07, 6.45) is 5.48. The van der Waals surface area contributed by atoms with Crippen molar-refractivity contribution in [3.05, 3.63) is 24.7 Å². The molecule has 5 heteroatoms. The molecule has 0 amide bonds. The molecule has 0 unspecified atom stereocenters. The number of fused-ring (bicyclic) bond motifs is 1. The molecule has 0 aliphatic heterocycles. The summed E-state index contributed by atoms with van der Waals surface area (Å²) in [5, 5.41) is 0. The van der Waals surface area contributed by atoms with E-state index in [9.17, 15) is 0 Å². The molecule has 0 saturated heterocycles. The maximum Gasteiger partial charge on any atom is 0.179 e. The minimum atomic E-state index is 0.732. The molecular weight excluding hydrogens is 208 g/mol. The standard InChI is InChI=1S/C8H7ClN2OS/c1-12-7-4-6(13-9)5-11-3-2-10-8(7)11/h2-5H,1H3. The van der Waals surface area contributed by atoms with E-state index in [-0.39, 0.29) is 0 Å². The molecule has 2 aromatic rings. The Hall–Kier alpha value is -0.870. The lowest BCUT2D eigenvalue weighted by Crippen LogP contribution is -1.90. The van der Waals surface area contributed by atoms with Crippen molar-refractivity contribution in [1.82, 2.24) is 9.38 Å². The summed E-state index contributed by atoms with van der Waals surface area (Å²) in [4.78, 5) is 5.08. The molecule has 0 spiro atoms. The summed E-state index contributed by atoms with van der Waals surface area (Å²) in [5.41, 5.74) is 0.803. The van der Waals surface area contributed by atoms with Gasteiger partial charge >= 0.3 is 0 Å². The summed E-state index contributed by atoms with van der Waals surface area (Å²) in [7, 11) is 8.43. The van der Waals surface area contributed by atoms with E-state index < -0.39 is 0 Å². The van der Waals surface area contributed by atoms with Crippen molar-refractivity contribution < 1.29 is 4.74 Å². The molecule has 0 radical (unpaired) electrons. The zero-order chi connectivity index (χ0) is 9.26. The lowest BCUT2D eigenvalue weighted by atomic mass is 10.4. The van der Waals surface area contributed by atoms with E-state index in [4.69, 9.17) is 15.4 Å². The largest absolute Gasteiger partial charge is 0.493 e. The third-order valence-electron chi connectivity index (χ3n) is 1.74. The van der Waals surface area contributed by atoms with Crippen LogP contribution in [-0.2, 0) is 0 Å². The minimum Gasteiger partial charge on any atom is -0.493 e. The fourth-order valence-electron chi connectivity index (χ4n) is 1.17. The zero-order valence-corrected chi connectivity index (χ0v) is 8.47. The minimum absolute atomic E-state index is 0.732. The van der Waals surface area contributed by atoms with Gasteiger partial charge in [-0.05, 0) is 21.7 Å². The van der Waals surface area contributed by atoms with E-state index in [1.54, 1.807) is 13.3 Å². The number of ether oxygens (including phenoxy) is 1. The summed E-state index contributed by atoms with van der Waals surface area (Å²) < 4.78 is 7.05. The van der Waals surface area contributed by atoms with Crippen molar-refractivity contribution in [2.24, 2.45) is 0 Å². The molecule has 0 saturated carbocycles. The Morgan fingerprint density at radius 2 is 2.46 bits per heavy atom. The molecular formula is C8H7ClN2OS. The first-order valence-electron chi connectivity index (χ1n) is 3.64. The normalized spacial score (nSPS) is 10.6. The fourth-order valence-corrected chi connectivity index (χ4v) is 1.73. The highest BCUT2D eigenvalue weighted by molar-refractivity contribution is 8.21. The molecule has 13 heavy (non-hydrogen) atoms. The van der Waals surface area contributed by atoms with Crippen LogP contribution in [0.3, 0.4) is 0 Å². The smallest absolute Gasteiger partial charge is 0.179 e. The second-order valence-electron chi connectivity index (χ2n) is 2.48. The zero-order valence-electron chi connectivity index (χ0n) is 6.90. The first kappa shape index (κ1) is 8.72. The average molecular weight is 215 g/mol. The third kappa shape index (κ3) is 1.47. The Balaban J connectivity index is 2.70. The molecule has 0 atom stereocenters. The highest BCUT2D eigenvalue weighted by Crippen LogP contribution is 2.28. The van der Waals surface area contributed by atoms with Crippen LogP contribution in [-0.4, -0.2) is 16.5 Å². The number of nitrogens with zero attached hydrogens (tertiary/aromatic N) is 2. The molecule has 68 valence electrons. The third-order valence-corrected chi connectivity index (χ3v) is 2.67. The lowest BCUT2D eigenvalue weighted by molar-refractivity contribution is 0.415. The molecule has 2 rings (SSSR count). The van der Waals surface area contributed by atoms with Gasteiger partial charge in [0.2, 0.25) is 0 Å². The van der Waals surface area contributed by atoms with Crippen molar-refractivity contribution in [1.29, 1.82) is 0 Å². The van der Waals surface area contributed by atoms with Crippen LogP contribution in [0, 0.1) is 0 Å². The second-order valence-corrected chi connectivity index (χ2v) is 3.57. The SMILES string of the molecule is COc1cc(SCl)cn2ccnc12. The van der Waals surface area contributed by atoms with E-state index in [2.05, 4.69) is 4.98 Å². The number of rotatable bonds is 2. The average Bonchev–Trinajstić information content (AvgIpc) is 2.63. The predicted octanol–water partition coefficient (Wildman–Crippen LogP) is 2.59. The number of imidazole rings is 1. The number of methoxy groups -OCH3 is 1. The molecule has 3 nitrogen and oxygen atoms in total. The van der Waals surface area contributed by atoms with Gasteiger partial charge in [-0.15, -0.1) is 0 Å². The first-order chi connectivity index (χ1) is 6.35. The van der Waals surface area contributed by atoms with Crippen LogP contribution in [0.25, 0.3) is 5.65 Å². The Labute approximate surface area is 84.2 Å². The Morgan fingerprint density at radius 3 is 3.15 bits per heavy atom. The van der Waals surface area contributed by atoms with Gasteiger partial charge in [0.1, 0.15) is 0 Å². The van der Waals surface area contributed by atoms with Crippen molar-refractivity contribution in [2.75, 3.05) is 7.11 Å². The van der Waals surface area contributed by atoms with E-state index in [1.165, 1.54) is 0 Å². The fraction of sp³-hybridized carbons (Fsp3) is 0.125. The van der Waals surface area contributed by atoms with Gasteiger partial charge < -0.3 is 9.14 Å². The Morgan fingerprint density at radius 1 is 1.62 bits per heavy atom. The number of pyridine rings is 1. The lowest BCUT2D eigenvalue weighted by Gasteiger charge is -2.03. The molecule has 0 aromatic carbocycles. The van der Waals surface area contributed by atoms with Crippen LogP contribution >= 0.6 is 21.7 Å². The van der Waals surface area contributed by atoms with Gasteiger partial charge in [0.15, 0.2) is 11.4 Å². The summed E-state index contributed by atoms with van der Waals surface area (Å²) >= 11 is 0. The molecule has 0 aliphatic carbocycles. The van der Waals surface area contributed by atoms with Gasteiger partial charge in [0.05, 0.1) is 7.11 Å². The summed E-state index contributed by atoms with van der Waals surface area (Å²) in [6, 6.07) is 1.86. The maximum absolute atomic E-state index is 5.65. The van der Waals surface area contributed by atoms with Crippen LogP contribution in [0.5, 0.6) is 5.75 Å². The Bertz CT molecular complexity index is 429. The second kappa shape index (κ2) is 3.47. The van der Waals surface area contributed by atoms with Gasteiger partial charge in [0, 0.05) is 29.6 Å². The van der Waals surface area contributed by atoms with Gasteiger partial charge in [-0.3, -0.25) is 0 Å². The van der Waals surface area contributed by atoms with Crippen LogP contribution in [0.4, 0.5) is 0 Å². The van der Waals surface area contributed by atoms with E-state index >= 15 is 0 Å². The molecule has 2 heterocycles. The van der Waals surface area contributed by atoms with Crippen LogP contribution in [0.15, 0.2) is 29.6 Å². The van der Waals surface area contributed by atoms with Crippen LogP contribution in [0.1, 0.15) is 0 Å². The van der Waals surface area contributed by atoms with E-state index in [0.29, 0.717) is 0 Å². The maximum atomic E-state index is 5.65. The van der Waals surface area contributed by atoms with Gasteiger partial charge in [-0.1, -0.05) is 0 Å². The number of aromatic nitrogens is 2. The topological polar surface area (TPSA) is 26.5 Å². The molecule has 0 fully saturated rings. The summed E-state index contributed by atoms with van der Waals surface area (Å²) in [6.45, 7) is 0. The quantitative estimate of drug-likeness (QED) is 0.769. The molecule has 0 aliphatic rings. The van der Waals surface area contributed by atoms with Crippen molar-refractivity contribution >= 4 is 27.3 Å². The van der Waals surface area contributed by atoms with Gasteiger partial charge in [-0.25, -0.2) is 4.98 Å². The first-order valence-corrected chi connectivity index (χ1v) is 5.28. The summed E-state index contributed by atoms with van der Waals surface area (Å²) in [5.74, 6) is 0.732. The monoisotopic (exact) mass is 214 g/mol. The Kier molecular flexibility index (Phi) is 2.33. The van der Waals surface area contributed by atoms with Crippen molar-refractivity contribution in [3.63, 3.8) is 0 Å². The predicted molar refractivity (Wildman–Crippen MR) is 53.5 cm³/mol. The van der Waals surface area contributed by atoms with Gasteiger partial charge in [-0.2, -0.15) is 0 Å². The van der Waals surface area contributed by atoms with E-state index in [0.717, 1.165) is 27.3 Å². The molecule has 0 N–H and O–H groups in total. The molecule has 2 aromatic heterocycles. The van der Waals surface area contributed by atoms with E-state index in [1.807, 2.05) is 22.9 Å². The number of hydrogen-bond acceptors (Lipinski definition) is 3. The van der Waals surface area contributed by atoms with Crippen LogP contribution < -0.4 is 4.74 Å². The van der Waals surface area contributed by atoms with Crippen LogP contribution in [0.2, 0.25) is 0 Å². The number of hydrogen-bond donors (Lipinski definition) is 0. The number of halogens is 1. The van der Waals surface area contributed by atoms with Crippen molar-refractivity contribution in [3.8, 4) is 5.75 Å². The molecule has 0 bridgehead atoms. The van der Waals surface area contributed by atoms with Crippen molar-refractivity contribution in [2.45, 2.75) is 4.90 Å². The highest BCUT2D eigenvalue weighted by atomic mass is 35.7. The highest BCUT2D eigenvalue weighted by Gasteiger charge is 2.04.